The Morgan fingerprint density at radius 3 is 2.22 bits per heavy atom. The fraction of sp³-hybridized carbons (Fsp3) is 0.857. The smallest absolute Gasteiger partial charge is 0.225 e. The topological polar surface area (TPSA) is 49.4 Å². The number of carbonyl (C=O) groups excluding carboxylic acids is 2. The highest BCUT2D eigenvalue weighted by atomic mass is 16.2. The first-order valence-electron chi connectivity index (χ1n) is 6.89. The van der Waals surface area contributed by atoms with Crippen molar-refractivity contribution in [2.45, 2.75) is 53.9 Å². The summed E-state index contributed by atoms with van der Waals surface area (Å²) in [6, 6.07) is 0. The van der Waals surface area contributed by atoms with Crippen LogP contribution in [0.15, 0.2) is 0 Å². The van der Waals surface area contributed by atoms with Gasteiger partial charge in [0.25, 0.3) is 0 Å². The van der Waals surface area contributed by atoms with Crippen molar-refractivity contribution in [2.75, 3.05) is 19.6 Å². The summed E-state index contributed by atoms with van der Waals surface area (Å²) in [5, 5.41) is 2.80. The average molecular weight is 256 g/mol. The van der Waals surface area contributed by atoms with Gasteiger partial charge in [0.05, 0.1) is 0 Å². The molecule has 0 bridgehead atoms. The van der Waals surface area contributed by atoms with Crippen molar-refractivity contribution in [1.82, 2.24) is 10.2 Å². The Bertz CT molecular complexity index is 269. The third-order valence-corrected chi connectivity index (χ3v) is 2.82. The van der Waals surface area contributed by atoms with Crippen molar-refractivity contribution >= 4 is 11.8 Å². The SMILES string of the molecule is CCCCN(CC)C(=O)CCNC(=O)C(C)(C)C. The van der Waals surface area contributed by atoms with E-state index in [9.17, 15) is 9.59 Å². The minimum absolute atomic E-state index is 0.00749. The molecule has 0 spiro atoms. The molecule has 0 aromatic heterocycles. The summed E-state index contributed by atoms with van der Waals surface area (Å²) in [6.07, 6.45) is 2.51. The molecule has 0 aromatic rings. The molecule has 1 N–H and O–H groups in total. The molecule has 0 radical (unpaired) electrons. The number of nitrogens with zero attached hydrogens (tertiary/aromatic N) is 1. The van der Waals surface area contributed by atoms with Gasteiger partial charge in [-0.05, 0) is 13.3 Å². The first-order chi connectivity index (χ1) is 8.32. The van der Waals surface area contributed by atoms with Gasteiger partial charge in [0.2, 0.25) is 11.8 Å². The molecule has 0 aliphatic heterocycles. The lowest BCUT2D eigenvalue weighted by molar-refractivity contribution is -0.131. The quantitative estimate of drug-likeness (QED) is 0.759. The molecule has 4 heteroatoms. The number of rotatable bonds is 7. The van der Waals surface area contributed by atoms with Crippen LogP contribution in [0.4, 0.5) is 0 Å². The molecule has 0 aliphatic carbocycles. The average Bonchev–Trinajstić information content (AvgIpc) is 2.28. The van der Waals surface area contributed by atoms with Crippen LogP contribution in [0, 0.1) is 5.41 Å². The van der Waals surface area contributed by atoms with Crippen LogP contribution in [0.1, 0.15) is 53.9 Å². The Hall–Kier alpha value is -1.06. The van der Waals surface area contributed by atoms with E-state index in [1.807, 2.05) is 32.6 Å². The fourth-order valence-corrected chi connectivity index (χ4v) is 1.51. The van der Waals surface area contributed by atoms with E-state index in [2.05, 4.69) is 12.2 Å². The molecule has 0 aromatic carbocycles. The highest BCUT2D eigenvalue weighted by molar-refractivity contribution is 5.82. The van der Waals surface area contributed by atoms with Gasteiger partial charge in [-0.1, -0.05) is 34.1 Å². The van der Waals surface area contributed by atoms with Gasteiger partial charge in [0.1, 0.15) is 0 Å². The Labute approximate surface area is 111 Å². The summed E-state index contributed by atoms with van der Waals surface area (Å²) in [6.45, 7) is 11.7. The molecule has 0 unspecified atom stereocenters. The molecule has 0 aliphatic rings. The molecule has 0 atom stereocenters. The highest BCUT2D eigenvalue weighted by Gasteiger charge is 2.21. The minimum Gasteiger partial charge on any atom is -0.355 e. The zero-order chi connectivity index (χ0) is 14.2. The van der Waals surface area contributed by atoms with E-state index in [0.717, 1.165) is 25.9 Å². The summed E-state index contributed by atoms with van der Waals surface area (Å²) >= 11 is 0. The number of nitrogens with one attached hydrogen (secondary N) is 1. The first-order valence-corrected chi connectivity index (χ1v) is 6.89. The van der Waals surface area contributed by atoms with Crippen LogP contribution in [0.25, 0.3) is 0 Å². The van der Waals surface area contributed by atoms with Crippen LogP contribution >= 0.6 is 0 Å². The molecule has 0 saturated carbocycles. The van der Waals surface area contributed by atoms with Gasteiger partial charge >= 0.3 is 0 Å². The third-order valence-electron chi connectivity index (χ3n) is 2.82. The lowest BCUT2D eigenvalue weighted by Gasteiger charge is -2.22. The predicted molar refractivity (Wildman–Crippen MR) is 74.2 cm³/mol. The van der Waals surface area contributed by atoms with Gasteiger partial charge in [0.15, 0.2) is 0 Å². The molecule has 106 valence electrons. The van der Waals surface area contributed by atoms with Crippen LogP contribution in [0.5, 0.6) is 0 Å². The van der Waals surface area contributed by atoms with Gasteiger partial charge in [-0.2, -0.15) is 0 Å². The molecule has 18 heavy (non-hydrogen) atoms. The van der Waals surface area contributed by atoms with E-state index in [0.29, 0.717) is 13.0 Å². The molecule has 0 heterocycles. The molecule has 0 saturated heterocycles. The Morgan fingerprint density at radius 2 is 1.78 bits per heavy atom. The monoisotopic (exact) mass is 256 g/mol. The van der Waals surface area contributed by atoms with E-state index < -0.39 is 5.41 Å². The van der Waals surface area contributed by atoms with E-state index in [4.69, 9.17) is 0 Å². The summed E-state index contributed by atoms with van der Waals surface area (Å²) in [7, 11) is 0. The lowest BCUT2D eigenvalue weighted by atomic mass is 9.96. The summed E-state index contributed by atoms with van der Waals surface area (Å²) in [5.74, 6) is 0.118. The first kappa shape index (κ1) is 16.9. The fourth-order valence-electron chi connectivity index (χ4n) is 1.51. The van der Waals surface area contributed by atoms with E-state index in [-0.39, 0.29) is 11.8 Å². The van der Waals surface area contributed by atoms with Crippen molar-refractivity contribution in [3.8, 4) is 0 Å². The second kappa shape index (κ2) is 8.11. The maximum Gasteiger partial charge on any atom is 0.225 e. The zero-order valence-corrected chi connectivity index (χ0v) is 12.5. The van der Waals surface area contributed by atoms with Crippen LogP contribution < -0.4 is 5.32 Å². The van der Waals surface area contributed by atoms with Gasteiger partial charge in [-0.15, -0.1) is 0 Å². The van der Waals surface area contributed by atoms with E-state index >= 15 is 0 Å². The zero-order valence-electron chi connectivity index (χ0n) is 12.5. The minimum atomic E-state index is -0.393. The molecule has 0 fully saturated rings. The largest absolute Gasteiger partial charge is 0.355 e. The van der Waals surface area contributed by atoms with Crippen LogP contribution in [0.2, 0.25) is 0 Å². The van der Waals surface area contributed by atoms with Gasteiger partial charge < -0.3 is 10.2 Å². The van der Waals surface area contributed by atoms with Gasteiger partial charge in [-0.3, -0.25) is 9.59 Å². The Morgan fingerprint density at radius 1 is 1.17 bits per heavy atom. The standard InChI is InChI=1S/C14H28N2O2/c1-6-8-11-16(7-2)12(17)9-10-15-13(18)14(3,4)5/h6-11H2,1-5H3,(H,15,18). The number of hydrogen-bond donors (Lipinski definition) is 1. The molecular formula is C14H28N2O2. The predicted octanol–water partition coefficient (Wildman–Crippen LogP) is 2.19. The maximum absolute atomic E-state index is 11.9. The molecule has 2 amide bonds. The normalized spacial score (nSPS) is 11.2. The highest BCUT2D eigenvalue weighted by Crippen LogP contribution is 2.12. The van der Waals surface area contributed by atoms with Crippen molar-refractivity contribution in [3.63, 3.8) is 0 Å². The van der Waals surface area contributed by atoms with E-state index in [1.165, 1.54) is 0 Å². The van der Waals surface area contributed by atoms with Gasteiger partial charge in [-0.25, -0.2) is 0 Å². The number of amides is 2. The van der Waals surface area contributed by atoms with Crippen molar-refractivity contribution in [1.29, 1.82) is 0 Å². The van der Waals surface area contributed by atoms with Crippen molar-refractivity contribution in [2.24, 2.45) is 5.41 Å². The Kier molecular flexibility index (Phi) is 7.64. The lowest BCUT2D eigenvalue weighted by Crippen LogP contribution is -2.38. The second-order valence-electron chi connectivity index (χ2n) is 5.58. The van der Waals surface area contributed by atoms with E-state index in [1.54, 1.807) is 0 Å². The summed E-state index contributed by atoms with van der Waals surface area (Å²) in [4.78, 5) is 25.4. The molecular weight excluding hydrogens is 228 g/mol. The number of hydrogen-bond acceptors (Lipinski definition) is 2. The molecule has 4 nitrogen and oxygen atoms in total. The van der Waals surface area contributed by atoms with Crippen molar-refractivity contribution < 1.29 is 9.59 Å². The second-order valence-corrected chi connectivity index (χ2v) is 5.58. The molecule has 0 rings (SSSR count). The van der Waals surface area contributed by atoms with Crippen LogP contribution in [-0.4, -0.2) is 36.3 Å². The van der Waals surface area contributed by atoms with Crippen molar-refractivity contribution in [3.05, 3.63) is 0 Å². The summed E-state index contributed by atoms with van der Waals surface area (Å²) < 4.78 is 0. The summed E-state index contributed by atoms with van der Waals surface area (Å²) in [5.41, 5.74) is -0.393. The van der Waals surface area contributed by atoms with Crippen LogP contribution in [-0.2, 0) is 9.59 Å². The Balaban J connectivity index is 3.98. The van der Waals surface area contributed by atoms with Gasteiger partial charge in [0, 0.05) is 31.5 Å². The van der Waals surface area contributed by atoms with Crippen LogP contribution in [0.3, 0.4) is 0 Å². The number of unbranched alkanes of at least 4 members (excludes halogenated alkanes) is 1. The maximum atomic E-state index is 11.9. The third kappa shape index (κ3) is 6.62. The number of carbonyl (C=O) groups is 2.